The SMILES string of the molecule is CN=C(NCc1cn2c(n1)CCCC2)N1CCS(=O)(=O)C(C)(C)C1.I. The monoisotopic (exact) mass is 481 g/mol. The summed E-state index contributed by atoms with van der Waals surface area (Å²) >= 11 is 0. The van der Waals surface area contributed by atoms with Crippen molar-refractivity contribution in [1.82, 2.24) is 19.8 Å². The zero-order valence-electron chi connectivity index (χ0n) is 15.2. The number of rotatable bonds is 2. The number of aliphatic imine (C=N–C) groups is 1. The summed E-state index contributed by atoms with van der Waals surface area (Å²) in [6, 6.07) is 0. The molecule has 1 aromatic heterocycles. The fraction of sp³-hybridized carbons (Fsp3) is 0.750. The Morgan fingerprint density at radius 3 is 2.76 bits per heavy atom. The van der Waals surface area contributed by atoms with E-state index in [1.165, 1.54) is 18.7 Å². The fourth-order valence-electron chi connectivity index (χ4n) is 3.38. The van der Waals surface area contributed by atoms with E-state index in [0.29, 0.717) is 19.6 Å². The lowest BCUT2D eigenvalue weighted by molar-refractivity contribution is 0.353. The molecule has 2 aliphatic rings. The van der Waals surface area contributed by atoms with Gasteiger partial charge in [-0.3, -0.25) is 4.99 Å². The Hall–Kier alpha value is -0.840. The topological polar surface area (TPSA) is 79.6 Å². The van der Waals surface area contributed by atoms with Crippen molar-refractivity contribution in [3.63, 3.8) is 0 Å². The van der Waals surface area contributed by atoms with Gasteiger partial charge in [0, 0.05) is 39.3 Å². The number of imidazole rings is 1. The van der Waals surface area contributed by atoms with E-state index in [1.54, 1.807) is 20.9 Å². The van der Waals surface area contributed by atoms with Gasteiger partial charge in [-0.15, -0.1) is 24.0 Å². The summed E-state index contributed by atoms with van der Waals surface area (Å²) in [6.07, 6.45) is 5.59. The lowest BCUT2D eigenvalue weighted by atomic mass is 10.2. The van der Waals surface area contributed by atoms with Gasteiger partial charge in [0.1, 0.15) is 5.82 Å². The molecule has 0 bridgehead atoms. The first-order valence-corrected chi connectivity index (χ1v) is 10.2. The summed E-state index contributed by atoms with van der Waals surface area (Å²) in [5.41, 5.74) is 1.01. The van der Waals surface area contributed by atoms with E-state index < -0.39 is 14.6 Å². The molecule has 3 heterocycles. The maximum Gasteiger partial charge on any atom is 0.194 e. The van der Waals surface area contributed by atoms with Crippen LogP contribution in [0.15, 0.2) is 11.2 Å². The number of hydrogen-bond acceptors (Lipinski definition) is 4. The van der Waals surface area contributed by atoms with E-state index >= 15 is 0 Å². The van der Waals surface area contributed by atoms with E-state index in [2.05, 4.69) is 26.1 Å². The fourth-order valence-corrected chi connectivity index (χ4v) is 4.75. The van der Waals surface area contributed by atoms with E-state index in [9.17, 15) is 8.42 Å². The Bertz CT molecular complexity index is 718. The highest BCUT2D eigenvalue weighted by atomic mass is 127. The Labute approximate surface area is 167 Å². The second kappa shape index (κ2) is 7.81. The molecule has 1 fully saturated rings. The number of aryl methyl sites for hydroxylation is 2. The second-order valence-corrected chi connectivity index (χ2v) is 9.94. The predicted octanol–water partition coefficient (Wildman–Crippen LogP) is 1.42. The smallest absolute Gasteiger partial charge is 0.194 e. The van der Waals surface area contributed by atoms with E-state index in [4.69, 9.17) is 0 Å². The van der Waals surface area contributed by atoms with Gasteiger partial charge in [0.05, 0.1) is 22.7 Å². The number of fused-ring (bicyclic) bond motifs is 1. The molecule has 1 saturated heterocycles. The minimum Gasteiger partial charge on any atom is -0.351 e. The maximum absolute atomic E-state index is 12.2. The lowest BCUT2D eigenvalue weighted by Gasteiger charge is -2.39. The number of sulfone groups is 1. The number of hydrogen-bond donors (Lipinski definition) is 1. The first-order valence-electron chi connectivity index (χ1n) is 8.55. The third-order valence-electron chi connectivity index (χ3n) is 4.94. The van der Waals surface area contributed by atoms with Crippen LogP contribution in [0, 0.1) is 0 Å². The van der Waals surface area contributed by atoms with Crippen molar-refractivity contribution >= 4 is 39.8 Å². The predicted molar refractivity (Wildman–Crippen MR) is 110 cm³/mol. The van der Waals surface area contributed by atoms with Crippen LogP contribution in [0.2, 0.25) is 0 Å². The van der Waals surface area contributed by atoms with Gasteiger partial charge in [0.2, 0.25) is 0 Å². The van der Waals surface area contributed by atoms with Crippen molar-refractivity contribution in [3.8, 4) is 0 Å². The summed E-state index contributed by atoms with van der Waals surface area (Å²) in [6.45, 7) is 6.15. The van der Waals surface area contributed by atoms with Gasteiger partial charge in [-0.05, 0) is 26.7 Å². The van der Waals surface area contributed by atoms with Crippen LogP contribution in [0.4, 0.5) is 0 Å². The van der Waals surface area contributed by atoms with Crippen LogP contribution >= 0.6 is 24.0 Å². The normalized spacial score (nSPS) is 22.0. The molecule has 0 radical (unpaired) electrons. The molecule has 25 heavy (non-hydrogen) atoms. The van der Waals surface area contributed by atoms with Crippen molar-refractivity contribution < 1.29 is 8.42 Å². The van der Waals surface area contributed by atoms with Crippen LogP contribution in [0.25, 0.3) is 0 Å². The molecule has 0 spiro atoms. The molecular formula is C16H28IN5O2S. The summed E-state index contributed by atoms with van der Waals surface area (Å²) in [5, 5.41) is 3.33. The molecule has 0 atom stereocenters. The van der Waals surface area contributed by atoms with Crippen LogP contribution < -0.4 is 5.32 Å². The van der Waals surface area contributed by atoms with Crippen LogP contribution in [0.5, 0.6) is 0 Å². The van der Waals surface area contributed by atoms with E-state index in [1.807, 2.05) is 4.90 Å². The van der Waals surface area contributed by atoms with Crippen molar-refractivity contribution in [1.29, 1.82) is 0 Å². The third-order valence-corrected chi connectivity index (χ3v) is 7.47. The van der Waals surface area contributed by atoms with Crippen LogP contribution in [0.3, 0.4) is 0 Å². The van der Waals surface area contributed by atoms with Crippen molar-refractivity contribution in [2.24, 2.45) is 4.99 Å². The zero-order valence-corrected chi connectivity index (χ0v) is 18.3. The number of guanidine groups is 1. The molecule has 0 saturated carbocycles. The summed E-state index contributed by atoms with van der Waals surface area (Å²) < 4.78 is 25.8. The summed E-state index contributed by atoms with van der Waals surface area (Å²) in [7, 11) is -1.31. The Morgan fingerprint density at radius 1 is 1.36 bits per heavy atom. The highest BCUT2D eigenvalue weighted by molar-refractivity contribution is 14.0. The quantitative estimate of drug-likeness (QED) is 0.393. The average Bonchev–Trinajstić information content (AvgIpc) is 2.94. The zero-order chi connectivity index (χ0) is 17.4. The van der Waals surface area contributed by atoms with Crippen LogP contribution in [-0.4, -0.2) is 59.5 Å². The first-order chi connectivity index (χ1) is 11.3. The molecule has 1 aromatic rings. The summed E-state index contributed by atoms with van der Waals surface area (Å²) in [5.74, 6) is 2.07. The minimum atomic E-state index is -3.05. The number of halogens is 1. The molecule has 0 aliphatic carbocycles. The van der Waals surface area contributed by atoms with Crippen molar-refractivity contribution in [2.45, 2.75) is 50.9 Å². The van der Waals surface area contributed by atoms with Gasteiger partial charge >= 0.3 is 0 Å². The van der Waals surface area contributed by atoms with Crippen LogP contribution in [-0.2, 0) is 29.3 Å². The van der Waals surface area contributed by atoms with Crippen molar-refractivity contribution in [2.75, 3.05) is 25.9 Å². The first kappa shape index (κ1) is 20.5. The van der Waals surface area contributed by atoms with E-state index in [0.717, 1.165) is 24.6 Å². The molecule has 0 aromatic carbocycles. The maximum atomic E-state index is 12.2. The largest absolute Gasteiger partial charge is 0.351 e. The number of aromatic nitrogens is 2. The Balaban J connectivity index is 0.00000225. The average molecular weight is 481 g/mol. The van der Waals surface area contributed by atoms with Crippen molar-refractivity contribution in [3.05, 3.63) is 17.7 Å². The summed E-state index contributed by atoms with van der Waals surface area (Å²) in [4.78, 5) is 11.0. The van der Waals surface area contributed by atoms with Gasteiger partial charge in [-0.2, -0.15) is 0 Å². The Morgan fingerprint density at radius 2 is 2.12 bits per heavy atom. The number of nitrogens with zero attached hydrogens (tertiary/aromatic N) is 4. The standard InChI is InChI=1S/C16H27N5O2S.HI/c1-16(2)12-21(8-9-24(16,22)23)15(17-3)18-10-13-11-20-7-5-4-6-14(20)19-13;/h11H,4-10,12H2,1-3H3,(H,17,18);1H. The second-order valence-electron chi connectivity index (χ2n) is 7.20. The molecular weight excluding hydrogens is 453 g/mol. The van der Waals surface area contributed by atoms with Gasteiger partial charge in [-0.25, -0.2) is 13.4 Å². The van der Waals surface area contributed by atoms with Gasteiger partial charge in [-0.1, -0.05) is 0 Å². The molecule has 142 valence electrons. The Kier molecular flexibility index (Phi) is 6.40. The van der Waals surface area contributed by atoms with Gasteiger partial charge in [0.15, 0.2) is 15.8 Å². The highest BCUT2D eigenvalue weighted by Gasteiger charge is 2.40. The molecule has 9 heteroatoms. The van der Waals surface area contributed by atoms with Crippen LogP contribution in [0.1, 0.15) is 38.2 Å². The molecule has 0 amide bonds. The van der Waals surface area contributed by atoms with Gasteiger partial charge < -0.3 is 14.8 Å². The molecule has 2 aliphatic heterocycles. The minimum absolute atomic E-state index is 0. The van der Waals surface area contributed by atoms with Gasteiger partial charge in [0.25, 0.3) is 0 Å². The third kappa shape index (κ3) is 4.29. The lowest BCUT2D eigenvalue weighted by Crippen LogP contribution is -2.57. The molecule has 3 rings (SSSR count). The van der Waals surface area contributed by atoms with E-state index in [-0.39, 0.29) is 29.7 Å². The molecule has 7 nitrogen and oxygen atoms in total. The molecule has 0 unspecified atom stereocenters. The number of nitrogens with one attached hydrogen (secondary N) is 1. The highest BCUT2D eigenvalue weighted by Crippen LogP contribution is 2.23. The molecule has 1 N–H and O–H groups in total.